The molecule has 5 rings (SSSR count). The Morgan fingerprint density at radius 2 is 1.63 bits per heavy atom. The Balaban J connectivity index is 1.37. The molecule has 0 atom stereocenters. The van der Waals surface area contributed by atoms with Crippen LogP contribution in [0.3, 0.4) is 0 Å². The van der Waals surface area contributed by atoms with Crippen LogP contribution in [0.5, 0.6) is 5.75 Å². The van der Waals surface area contributed by atoms with Crippen molar-refractivity contribution in [2.75, 3.05) is 37.7 Å². The smallest absolute Gasteiger partial charge is 0.416 e. The molecule has 3 aromatic carbocycles. The molecular weight excluding hydrogens is 553 g/mol. The van der Waals surface area contributed by atoms with E-state index in [9.17, 15) is 18.0 Å². The molecule has 0 radical (unpaired) electrons. The van der Waals surface area contributed by atoms with Crippen molar-refractivity contribution in [3.8, 4) is 17.1 Å². The third-order valence-electron chi connectivity index (χ3n) is 6.97. The number of hydrogen-bond acceptors (Lipinski definition) is 5. The van der Waals surface area contributed by atoms with Gasteiger partial charge in [0.15, 0.2) is 12.4 Å². The lowest BCUT2D eigenvalue weighted by atomic mass is 10.0. The number of nitrogens with zero attached hydrogens (tertiary/aromatic N) is 4. The number of piperazine rings is 1. The predicted molar refractivity (Wildman–Crippen MR) is 152 cm³/mol. The van der Waals surface area contributed by atoms with Gasteiger partial charge in [0.25, 0.3) is 5.91 Å². The number of carbonyl (C=O) groups excluding carboxylic acids is 1. The molecule has 6 nitrogen and oxygen atoms in total. The zero-order valence-corrected chi connectivity index (χ0v) is 23.1. The standard InChI is InChI=1S/C31H28ClF3N4O2/c1-21-27(18-22-6-3-2-4-7-22)30(37-29(36-21)23-8-5-9-24(19-23)31(33,34)35)39-16-14-38(15-17-39)28(40)20-41-26-12-10-25(32)11-13-26/h2-13,19H,14-18,20H2,1H3. The Labute approximate surface area is 241 Å². The molecule has 0 spiro atoms. The summed E-state index contributed by atoms with van der Waals surface area (Å²) < 4.78 is 45.9. The summed E-state index contributed by atoms with van der Waals surface area (Å²) in [5, 5.41) is 0.586. The van der Waals surface area contributed by atoms with Gasteiger partial charge in [-0.1, -0.05) is 54.1 Å². The van der Waals surface area contributed by atoms with Crippen LogP contribution in [-0.4, -0.2) is 53.6 Å². The Hall–Kier alpha value is -4.11. The number of alkyl halides is 3. The van der Waals surface area contributed by atoms with Gasteiger partial charge < -0.3 is 14.5 Å². The maximum absolute atomic E-state index is 13.4. The van der Waals surface area contributed by atoms with Crippen LogP contribution in [-0.2, 0) is 17.4 Å². The van der Waals surface area contributed by atoms with Crippen LogP contribution in [0, 0.1) is 6.92 Å². The van der Waals surface area contributed by atoms with Crippen molar-refractivity contribution in [3.63, 3.8) is 0 Å². The zero-order valence-electron chi connectivity index (χ0n) is 22.4. The van der Waals surface area contributed by atoms with Crippen molar-refractivity contribution in [2.45, 2.75) is 19.5 Å². The van der Waals surface area contributed by atoms with Crippen molar-refractivity contribution in [2.24, 2.45) is 0 Å². The van der Waals surface area contributed by atoms with E-state index in [1.54, 1.807) is 35.2 Å². The Morgan fingerprint density at radius 1 is 0.927 bits per heavy atom. The molecule has 1 aliphatic rings. The van der Waals surface area contributed by atoms with Gasteiger partial charge >= 0.3 is 6.18 Å². The predicted octanol–water partition coefficient (Wildman–Crippen LogP) is 6.44. The molecule has 41 heavy (non-hydrogen) atoms. The van der Waals surface area contributed by atoms with Crippen LogP contribution < -0.4 is 9.64 Å². The summed E-state index contributed by atoms with van der Waals surface area (Å²) in [5.41, 5.74) is 2.21. The first-order chi connectivity index (χ1) is 19.7. The van der Waals surface area contributed by atoms with Gasteiger partial charge in [0, 0.05) is 54.4 Å². The molecule has 1 saturated heterocycles. The molecule has 2 heterocycles. The summed E-state index contributed by atoms with van der Waals surface area (Å²) in [6.07, 6.45) is -3.90. The lowest BCUT2D eigenvalue weighted by molar-refractivity contribution is -0.137. The second-order valence-electron chi connectivity index (χ2n) is 9.79. The molecule has 0 bridgehead atoms. The SMILES string of the molecule is Cc1nc(-c2cccc(C(F)(F)F)c2)nc(N2CCN(C(=O)COc3ccc(Cl)cc3)CC2)c1Cc1ccccc1. The van der Waals surface area contributed by atoms with Crippen LogP contribution in [0.4, 0.5) is 19.0 Å². The van der Waals surface area contributed by atoms with E-state index in [0.29, 0.717) is 60.4 Å². The van der Waals surface area contributed by atoms with Gasteiger partial charge in [-0.25, -0.2) is 9.97 Å². The lowest BCUT2D eigenvalue weighted by Crippen LogP contribution is -2.50. The normalized spacial score (nSPS) is 13.8. The third kappa shape index (κ3) is 6.97. The monoisotopic (exact) mass is 580 g/mol. The Kier molecular flexibility index (Phi) is 8.44. The summed E-state index contributed by atoms with van der Waals surface area (Å²) in [6.45, 7) is 3.69. The molecule has 212 valence electrons. The number of aryl methyl sites for hydroxylation is 1. The van der Waals surface area contributed by atoms with Gasteiger partial charge in [-0.05, 0) is 48.9 Å². The number of carbonyl (C=O) groups is 1. The molecule has 1 aromatic heterocycles. The van der Waals surface area contributed by atoms with Crippen molar-refractivity contribution in [1.29, 1.82) is 0 Å². The highest BCUT2D eigenvalue weighted by Crippen LogP contribution is 2.33. The summed E-state index contributed by atoms with van der Waals surface area (Å²) in [4.78, 5) is 26.1. The second kappa shape index (κ2) is 12.2. The van der Waals surface area contributed by atoms with E-state index in [1.165, 1.54) is 6.07 Å². The van der Waals surface area contributed by atoms with Crippen molar-refractivity contribution < 1.29 is 22.7 Å². The number of hydrogen-bond donors (Lipinski definition) is 0. The van der Waals surface area contributed by atoms with Gasteiger partial charge in [0.05, 0.1) is 5.56 Å². The lowest BCUT2D eigenvalue weighted by Gasteiger charge is -2.36. The van der Waals surface area contributed by atoms with E-state index in [-0.39, 0.29) is 18.3 Å². The van der Waals surface area contributed by atoms with E-state index >= 15 is 0 Å². The first kappa shape index (κ1) is 28.4. The van der Waals surface area contributed by atoms with E-state index < -0.39 is 11.7 Å². The minimum absolute atomic E-state index is 0.0901. The molecule has 0 aliphatic carbocycles. The highest BCUT2D eigenvalue weighted by atomic mass is 35.5. The molecule has 0 unspecified atom stereocenters. The van der Waals surface area contributed by atoms with E-state index in [2.05, 4.69) is 9.88 Å². The fourth-order valence-corrected chi connectivity index (χ4v) is 4.87. The Bertz CT molecular complexity index is 1510. The highest BCUT2D eigenvalue weighted by molar-refractivity contribution is 6.30. The average Bonchev–Trinajstić information content (AvgIpc) is 2.98. The van der Waals surface area contributed by atoms with E-state index in [0.717, 1.165) is 23.3 Å². The summed E-state index contributed by atoms with van der Waals surface area (Å²) >= 11 is 5.91. The van der Waals surface area contributed by atoms with Gasteiger partial charge in [0.2, 0.25) is 0 Å². The molecule has 1 fully saturated rings. The summed E-state index contributed by atoms with van der Waals surface area (Å²) in [7, 11) is 0. The number of ether oxygens (including phenoxy) is 1. The molecule has 0 saturated carbocycles. The second-order valence-corrected chi connectivity index (χ2v) is 10.2. The number of aromatic nitrogens is 2. The van der Waals surface area contributed by atoms with Crippen molar-refractivity contribution in [1.82, 2.24) is 14.9 Å². The summed E-state index contributed by atoms with van der Waals surface area (Å²) in [6, 6.07) is 21.8. The van der Waals surface area contributed by atoms with Crippen LogP contribution in [0.25, 0.3) is 11.4 Å². The number of amides is 1. The van der Waals surface area contributed by atoms with E-state index in [1.807, 2.05) is 37.3 Å². The van der Waals surface area contributed by atoms with Crippen LogP contribution in [0.15, 0.2) is 78.9 Å². The number of rotatable bonds is 7. The van der Waals surface area contributed by atoms with Crippen molar-refractivity contribution in [3.05, 3.63) is 106 Å². The maximum Gasteiger partial charge on any atom is 0.416 e. The topological polar surface area (TPSA) is 58.6 Å². The largest absolute Gasteiger partial charge is 0.484 e. The van der Waals surface area contributed by atoms with E-state index in [4.69, 9.17) is 21.3 Å². The van der Waals surface area contributed by atoms with Gasteiger partial charge in [-0.2, -0.15) is 13.2 Å². The third-order valence-corrected chi connectivity index (χ3v) is 7.22. The van der Waals surface area contributed by atoms with Crippen LogP contribution in [0.2, 0.25) is 5.02 Å². The van der Waals surface area contributed by atoms with Crippen LogP contribution in [0.1, 0.15) is 22.4 Å². The molecule has 1 aliphatic heterocycles. The molecule has 4 aromatic rings. The van der Waals surface area contributed by atoms with Crippen LogP contribution >= 0.6 is 11.6 Å². The summed E-state index contributed by atoms with van der Waals surface area (Å²) in [5.74, 6) is 1.33. The molecule has 10 heteroatoms. The minimum atomic E-state index is -4.47. The number of halogens is 4. The van der Waals surface area contributed by atoms with Gasteiger partial charge in [0.1, 0.15) is 11.6 Å². The van der Waals surface area contributed by atoms with Gasteiger partial charge in [-0.3, -0.25) is 4.79 Å². The minimum Gasteiger partial charge on any atom is -0.484 e. The van der Waals surface area contributed by atoms with Gasteiger partial charge in [-0.15, -0.1) is 0 Å². The first-order valence-electron chi connectivity index (χ1n) is 13.2. The number of anilines is 1. The maximum atomic E-state index is 13.4. The fourth-order valence-electron chi connectivity index (χ4n) is 4.75. The molecule has 0 N–H and O–H groups in total. The molecule has 1 amide bonds. The highest BCUT2D eigenvalue weighted by Gasteiger charge is 2.31. The molecular formula is C31H28ClF3N4O2. The first-order valence-corrected chi connectivity index (χ1v) is 13.6. The average molecular weight is 581 g/mol. The fraction of sp³-hybridized carbons (Fsp3) is 0.258. The Morgan fingerprint density at radius 3 is 2.32 bits per heavy atom. The zero-order chi connectivity index (χ0) is 29.0. The quantitative estimate of drug-likeness (QED) is 0.252. The van der Waals surface area contributed by atoms with Crippen molar-refractivity contribution >= 4 is 23.3 Å². The number of benzene rings is 3.